The number of aliphatic hydroxyl groups is 1. The lowest BCUT2D eigenvalue weighted by molar-refractivity contribution is 0.267. The van der Waals surface area contributed by atoms with Gasteiger partial charge >= 0.3 is 0 Å². The van der Waals surface area contributed by atoms with E-state index >= 15 is 0 Å². The Morgan fingerprint density at radius 2 is 1.20 bits per heavy atom. The van der Waals surface area contributed by atoms with Crippen LogP contribution in [0.25, 0.3) is 0 Å². The van der Waals surface area contributed by atoms with E-state index < -0.39 is 0 Å². The van der Waals surface area contributed by atoms with Gasteiger partial charge in [-0.25, -0.2) is 0 Å². The Kier molecular flexibility index (Phi) is 7.72. The van der Waals surface area contributed by atoms with E-state index in [9.17, 15) is 0 Å². The molecule has 0 amide bonds. The lowest BCUT2D eigenvalue weighted by Crippen LogP contribution is -2.08. The predicted octanol–water partition coefficient (Wildman–Crippen LogP) is 0.755. The maximum atomic E-state index is 8.36. The largest absolute Gasteiger partial charge is 0.495 e. The van der Waals surface area contributed by atoms with Gasteiger partial charge in [0.2, 0.25) is 0 Å². The molecule has 0 aliphatic rings. The van der Waals surface area contributed by atoms with Crippen molar-refractivity contribution in [2.75, 3.05) is 35.2 Å². The first-order chi connectivity index (χ1) is 4.37. The fourth-order valence-corrected chi connectivity index (χ4v) is 0. The summed E-state index contributed by atoms with van der Waals surface area (Å²) in [4.78, 5) is 3.53. The Morgan fingerprint density at radius 1 is 1.10 bits per heavy atom. The van der Waals surface area contributed by atoms with Gasteiger partial charge in [0, 0.05) is 14.1 Å². The van der Waals surface area contributed by atoms with Crippen molar-refractivity contribution in [1.82, 2.24) is 9.80 Å². The summed E-state index contributed by atoms with van der Waals surface area (Å²) in [5.74, 6) is 0.0926. The zero-order valence-corrected chi connectivity index (χ0v) is 7.55. The highest BCUT2D eigenvalue weighted by molar-refractivity contribution is 4.72. The van der Waals surface area contributed by atoms with Crippen LogP contribution in [0, 0.1) is 0 Å². The van der Waals surface area contributed by atoms with Gasteiger partial charge in [0.1, 0.15) is 0 Å². The molecule has 0 aromatic rings. The summed E-state index contributed by atoms with van der Waals surface area (Å²) in [6.07, 6.45) is 0. The third-order valence-corrected chi connectivity index (χ3v) is 0.516. The fraction of sp³-hybridized carbons (Fsp3) is 0.714. The minimum absolute atomic E-state index is 0.0926. The quantitative estimate of drug-likeness (QED) is 0.553. The number of nitrogens with zero attached hydrogens (tertiary/aromatic N) is 2. The SMILES string of the molecule is C=C(O)N(C)C.CN(C)C. The van der Waals surface area contributed by atoms with Crippen molar-refractivity contribution in [3.63, 3.8) is 0 Å². The van der Waals surface area contributed by atoms with E-state index in [0.717, 1.165) is 0 Å². The van der Waals surface area contributed by atoms with Gasteiger partial charge in [-0.2, -0.15) is 0 Å². The zero-order valence-electron chi connectivity index (χ0n) is 7.55. The van der Waals surface area contributed by atoms with Gasteiger partial charge in [-0.1, -0.05) is 0 Å². The van der Waals surface area contributed by atoms with E-state index in [1.807, 2.05) is 26.0 Å². The van der Waals surface area contributed by atoms with Crippen molar-refractivity contribution < 1.29 is 5.11 Å². The summed E-state index contributed by atoms with van der Waals surface area (Å²) in [7, 11) is 9.45. The molecule has 0 radical (unpaired) electrons. The van der Waals surface area contributed by atoms with Gasteiger partial charge in [-0.05, 0) is 27.7 Å². The highest BCUT2D eigenvalue weighted by Gasteiger charge is 1.82. The molecule has 0 rings (SSSR count). The summed E-state index contributed by atoms with van der Waals surface area (Å²) in [6.45, 7) is 3.24. The van der Waals surface area contributed by atoms with Crippen LogP contribution in [0.2, 0.25) is 0 Å². The molecule has 0 atom stereocenters. The van der Waals surface area contributed by atoms with Crippen molar-refractivity contribution in [1.29, 1.82) is 0 Å². The molecule has 0 aromatic carbocycles. The Balaban J connectivity index is 0. The number of hydrogen-bond donors (Lipinski definition) is 1. The van der Waals surface area contributed by atoms with Crippen LogP contribution >= 0.6 is 0 Å². The molecule has 0 aliphatic heterocycles. The molecule has 62 valence electrons. The smallest absolute Gasteiger partial charge is 0.178 e. The van der Waals surface area contributed by atoms with Gasteiger partial charge in [0.25, 0.3) is 0 Å². The monoisotopic (exact) mass is 146 g/mol. The fourth-order valence-electron chi connectivity index (χ4n) is 0. The maximum Gasteiger partial charge on any atom is 0.178 e. The molecule has 0 saturated heterocycles. The topological polar surface area (TPSA) is 26.7 Å². The van der Waals surface area contributed by atoms with Crippen LogP contribution in [0.1, 0.15) is 0 Å². The zero-order chi connectivity index (χ0) is 8.73. The van der Waals surface area contributed by atoms with E-state index in [2.05, 4.69) is 6.58 Å². The predicted molar refractivity (Wildman–Crippen MR) is 45.1 cm³/mol. The molecule has 10 heavy (non-hydrogen) atoms. The van der Waals surface area contributed by atoms with Crippen LogP contribution in [0.4, 0.5) is 0 Å². The van der Waals surface area contributed by atoms with Gasteiger partial charge in [-0.3, -0.25) is 0 Å². The maximum absolute atomic E-state index is 8.36. The molecule has 0 spiro atoms. The molecule has 0 bridgehead atoms. The summed E-state index contributed by atoms with van der Waals surface area (Å²) in [6, 6.07) is 0. The van der Waals surface area contributed by atoms with Gasteiger partial charge in [-0.15, -0.1) is 0 Å². The third kappa shape index (κ3) is 26.6. The molecule has 0 fully saturated rings. The summed E-state index contributed by atoms with van der Waals surface area (Å²) < 4.78 is 0. The van der Waals surface area contributed by atoms with Gasteiger partial charge < -0.3 is 14.9 Å². The second-order valence-corrected chi connectivity index (χ2v) is 2.65. The van der Waals surface area contributed by atoms with E-state index in [4.69, 9.17) is 5.11 Å². The Morgan fingerprint density at radius 3 is 1.20 bits per heavy atom. The second-order valence-electron chi connectivity index (χ2n) is 2.65. The number of rotatable bonds is 1. The second kappa shape index (κ2) is 6.42. The lowest BCUT2D eigenvalue weighted by Gasteiger charge is -2.06. The molecule has 0 unspecified atom stereocenters. The summed E-state index contributed by atoms with van der Waals surface area (Å²) in [5.41, 5.74) is 0. The molecule has 0 heterocycles. The average Bonchev–Trinajstić information content (AvgIpc) is 1.63. The van der Waals surface area contributed by atoms with Gasteiger partial charge in [0.05, 0.1) is 0 Å². The summed E-state index contributed by atoms with van der Waals surface area (Å²) >= 11 is 0. The standard InChI is InChI=1S/C4H9NO.C3H9N/c1-4(6)5(2)3;1-4(2)3/h6H,1H2,2-3H3;1-3H3. The minimum atomic E-state index is 0.0926. The van der Waals surface area contributed by atoms with Crippen LogP contribution in [-0.2, 0) is 0 Å². The highest BCUT2D eigenvalue weighted by Crippen LogP contribution is 1.81. The highest BCUT2D eigenvalue weighted by atomic mass is 16.3. The molecule has 1 N–H and O–H groups in total. The van der Waals surface area contributed by atoms with Gasteiger partial charge in [0.15, 0.2) is 5.88 Å². The lowest BCUT2D eigenvalue weighted by atomic mass is 10.8. The Bertz CT molecular complexity index is 86.9. The van der Waals surface area contributed by atoms with Crippen LogP contribution in [0.15, 0.2) is 12.5 Å². The average molecular weight is 146 g/mol. The van der Waals surface area contributed by atoms with E-state index in [1.165, 1.54) is 4.90 Å². The van der Waals surface area contributed by atoms with Crippen molar-refractivity contribution >= 4 is 0 Å². The minimum Gasteiger partial charge on any atom is -0.495 e. The van der Waals surface area contributed by atoms with Crippen molar-refractivity contribution in [3.8, 4) is 0 Å². The first-order valence-electron chi connectivity index (χ1n) is 3.04. The van der Waals surface area contributed by atoms with Crippen molar-refractivity contribution in [2.24, 2.45) is 0 Å². The van der Waals surface area contributed by atoms with Crippen LogP contribution < -0.4 is 0 Å². The number of aliphatic hydroxyl groups excluding tert-OH is 1. The molecule has 0 aliphatic carbocycles. The normalized spacial score (nSPS) is 8.20. The molecule has 3 heteroatoms. The molecular formula is C7H18N2O. The molecule has 0 aromatic heterocycles. The van der Waals surface area contributed by atoms with E-state index in [0.29, 0.717) is 0 Å². The van der Waals surface area contributed by atoms with Crippen LogP contribution in [0.5, 0.6) is 0 Å². The van der Waals surface area contributed by atoms with E-state index in [-0.39, 0.29) is 5.88 Å². The first-order valence-corrected chi connectivity index (χ1v) is 3.04. The van der Waals surface area contributed by atoms with Crippen molar-refractivity contribution in [3.05, 3.63) is 12.5 Å². The van der Waals surface area contributed by atoms with Crippen LogP contribution in [-0.4, -0.2) is 50.1 Å². The summed E-state index contributed by atoms with van der Waals surface area (Å²) in [5, 5.41) is 8.36. The Hall–Kier alpha value is -0.700. The number of hydrogen-bond acceptors (Lipinski definition) is 3. The molecule has 3 nitrogen and oxygen atoms in total. The Labute approximate surface area is 63.6 Å². The third-order valence-electron chi connectivity index (χ3n) is 0.516. The molecule has 0 saturated carbocycles. The molecular weight excluding hydrogens is 128 g/mol. The van der Waals surface area contributed by atoms with E-state index in [1.54, 1.807) is 14.1 Å². The first kappa shape index (κ1) is 12.0. The van der Waals surface area contributed by atoms with Crippen molar-refractivity contribution in [2.45, 2.75) is 0 Å². The van der Waals surface area contributed by atoms with Crippen LogP contribution in [0.3, 0.4) is 0 Å².